The number of pyridine rings is 1. The molecule has 0 bridgehead atoms. The van der Waals surface area contributed by atoms with E-state index in [0.29, 0.717) is 39.3 Å². The molecule has 0 aliphatic heterocycles. The summed E-state index contributed by atoms with van der Waals surface area (Å²) in [6.07, 6.45) is 4.97. The van der Waals surface area contributed by atoms with Gasteiger partial charge in [-0.3, -0.25) is 9.78 Å². The summed E-state index contributed by atoms with van der Waals surface area (Å²) < 4.78 is 11.0. The van der Waals surface area contributed by atoms with E-state index in [-0.39, 0.29) is 12.2 Å². The van der Waals surface area contributed by atoms with Gasteiger partial charge in [-0.05, 0) is 38.1 Å². The minimum atomic E-state index is -0.121. The number of benzene rings is 1. The largest absolute Gasteiger partial charge is 0.493 e. The van der Waals surface area contributed by atoms with Crippen molar-refractivity contribution < 1.29 is 14.3 Å². The summed E-state index contributed by atoms with van der Waals surface area (Å²) in [5.41, 5.74) is 2.20. The molecule has 132 valence electrons. The molecule has 1 aromatic heterocycles. The number of nitrogens with zero attached hydrogens (tertiary/aromatic N) is 1. The number of halogens is 2. The Morgan fingerprint density at radius 2 is 1.84 bits per heavy atom. The van der Waals surface area contributed by atoms with Crippen LogP contribution < -0.4 is 9.47 Å². The molecule has 0 unspecified atom stereocenters. The summed E-state index contributed by atoms with van der Waals surface area (Å²) in [5, 5.41) is 0.740. The fourth-order valence-corrected chi connectivity index (χ4v) is 2.63. The molecule has 0 saturated heterocycles. The van der Waals surface area contributed by atoms with Gasteiger partial charge in [0.2, 0.25) is 0 Å². The molecule has 0 amide bonds. The van der Waals surface area contributed by atoms with E-state index in [1.807, 2.05) is 19.9 Å². The van der Waals surface area contributed by atoms with Crippen LogP contribution in [0.25, 0.3) is 0 Å². The minimum Gasteiger partial charge on any atom is -0.493 e. The first kappa shape index (κ1) is 19.3. The van der Waals surface area contributed by atoms with E-state index in [9.17, 15) is 4.79 Å². The highest BCUT2D eigenvalue weighted by Crippen LogP contribution is 2.30. The second-order valence-corrected chi connectivity index (χ2v) is 6.45. The molecule has 0 N–H and O–H groups in total. The highest BCUT2D eigenvalue weighted by Gasteiger charge is 2.15. The van der Waals surface area contributed by atoms with Gasteiger partial charge in [-0.2, -0.15) is 0 Å². The van der Waals surface area contributed by atoms with Gasteiger partial charge < -0.3 is 9.47 Å². The predicted octanol–water partition coefficient (Wildman–Crippen LogP) is 5.17. The molecule has 2 rings (SSSR count). The molecule has 0 radical (unpaired) electrons. The van der Waals surface area contributed by atoms with Crippen LogP contribution in [0.3, 0.4) is 0 Å². The Labute approximate surface area is 157 Å². The summed E-state index contributed by atoms with van der Waals surface area (Å²) >= 11 is 12.2. The third-order valence-corrected chi connectivity index (χ3v) is 4.16. The maximum atomic E-state index is 12.6. The van der Waals surface area contributed by atoms with E-state index < -0.39 is 0 Å². The Bertz CT molecular complexity index is 779. The predicted molar refractivity (Wildman–Crippen MR) is 100 cm³/mol. The van der Waals surface area contributed by atoms with Crippen LogP contribution in [0.1, 0.15) is 29.8 Å². The van der Waals surface area contributed by atoms with Crippen LogP contribution in [0.15, 0.2) is 42.2 Å². The zero-order chi connectivity index (χ0) is 18.4. The summed E-state index contributed by atoms with van der Waals surface area (Å²) in [4.78, 5) is 16.5. The van der Waals surface area contributed by atoms with Crippen molar-refractivity contribution in [3.8, 4) is 11.5 Å². The lowest BCUT2D eigenvalue weighted by molar-refractivity contribution is 0.0992. The number of allylic oxidation sites excluding steroid dienone is 1. The molecule has 25 heavy (non-hydrogen) atoms. The monoisotopic (exact) mass is 379 g/mol. The Kier molecular flexibility index (Phi) is 6.85. The van der Waals surface area contributed by atoms with E-state index in [1.165, 1.54) is 12.4 Å². The lowest BCUT2D eigenvalue weighted by Crippen LogP contribution is -2.06. The molecule has 0 saturated carbocycles. The molecule has 0 atom stereocenters. The number of rotatable bonds is 7. The Morgan fingerprint density at radius 1 is 1.16 bits per heavy atom. The van der Waals surface area contributed by atoms with Crippen molar-refractivity contribution in [3.63, 3.8) is 0 Å². The van der Waals surface area contributed by atoms with Gasteiger partial charge in [0.1, 0.15) is 6.61 Å². The van der Waals surface area contributed by atoms with E-state index >= 15 is 0 Å². The van der Waals surface area contributed by atoms with E-state index in [1.54, 1.807) is 25.3 Å². The summed E-state index contributed by atoms with van der Waals surface area (Å²) in [5.74, 6) is 0.959. The van der Waals surface area contributed by atoms with E-state index in [2.05, 4.69) is 4.98 Å². The summed E-state index contributed by atoms with van der Waals surface area (Å²) in [6, 6.07) is 5.07. The van der Waals surface area contributed by atoms with Crippen molar-refractivity contribution in [2.24, 2.45) is 0 Å². The van der Waals surface area contributed by atoms with Gasteiger partial charge in [0.15, 0.2) is 17.3 Å². The topological polar surface area (TPSA) is 48.4 Å². The number of carbonyl (C=O) groups is 1. The Morgan fingerprint density at radius 3 is 2.44 bits per heavy atom. The second-order valence-electron chi connectivity index (χ2n) is 5.64. The van der Waals surface area contributed by atoms with Gasteiger partial charge in [-0.25, -0.2) is 0 Å². The molecule has 1 heterocycles. The molecule has 4 nitrogen and oxygen atoms in total. The quantitative estimate of drug-likeness (QED) is 0.491. The molecule has 0 aliphatic carbocycles. The third kappa shape index (κ3) is 5.21. The number of ketones is 1. The number of carbonyl (C=O) groups excluding carboxylic acids is 1. The van der Waals surface area contributed by atoms with Gasteiger partial charge >= 0.3 is 0 Å². The molecular formula is C19H19Cl2NO3. The smallest absolute Gasteiger partial charge is 0.167 e. The van der Waals surface area contributed by atoms with Crippen LogP contribution in [0.2, 0.25) is 10.0 Å². The Hall–Kier alpha value is -2.04. The molecular weight excluding hydrogens is 361 g/mol. The van der Waals surface area contributed by atoms with Gasteiger partial charge in [0.05, 0.1) is 17.2 Å². The maximum absolute atomic E-state index is 12.6. The molecule has 2 aromatic rings. The van der Waals surface area contributed by atoms with Gasteiger partial charge in [-0.15, -0.1) is 0 Å². The molecule has 0 fully saturated rings. The SMILES string of the molecule is COc1ccc(C(=O)Cc2c(Cl)cncc2Cl)cc1OCC=C(C)C. The second kappa shape index (κ2) is 8.88. The molecule has 0 spiro atoms. The van der Waals surface area contributed by atoms with Crippen LogP contribution in [0.4, 0.5) is 0 Å². The zero-order valence-electron chi connectivity index (χ0n) is 14.3. The van der Waals surface area contributed by atoms with Crippen LogP contribution in [0.5, 0.6) is 11.5 Å². The van der Waals surface area contributed by atoms with Crippen molar-refractivity contribution in [2.45, 2.75) is 20.3 Å². The van der Waals surface area contributed by atoms with Crippen LogP contribution in [-0.4, -0.2) is 24.5 Å². The van der Waals surface area contributed by atoms with E-state index in [4.69, 9.17) is 32.7 Å². The first-order valence-electron chi connectivity index (χ1n) is 7.67. The summed E-state index contributed by atoms with van der Waals surface area (Å²) in [7, 11) is 1.56. The average Bonchev–Trinajstić information content (AvgIpc) is 2.57. The zero-order valence-corrected chi connectivity index (χ0v) is 15.8. The van der Waals surface area contributed by atoms with Crippen molar-refractivity contribution in [3.05, 3.63) is 63.4 Å². The van der Waals surface area contributed by atoms with Gasteiger partial charge in [0, 0.05) is 29.9 Å². The van der Waals surface area contributed by atoms with Crippen molar-refractivity contribution in [1.82, 2.24) is 4.98 Å². The molecule has 1 aromatic carbocycles. The third-order valence-electron chi connectivity index (χ3n) is 3.51. The fraction of sp³-hybridized carbons (Fsp3) is 0.263. The van der Waals surface area contributed by atoms with Crippen molar-refractivity contribution in [1.29, 1.82) is 0 Å². The fourth-order valence-electron chi connectivity index (χ4n) is 2.13. The standard InChI is InChI=1S/C19H19Cl2NO3/c1-12(2)6-7-25-19-8-13(4-5-18(19)24-3)17(23)9-14-15(20)10-22-11-16(14)21/h4-6,8,10-11H,7,9H2,1-3H3. The van der Waals surface area contributed by atoms with Crippen LogP contribution >= 0.6 is 23.2 Å². The van der Waals surface area contributed by atoms with Crippen molar-refractivity contribution in [2.75, 3.05) is 13.7 Å². The maximum Gasteiger partial charge on any atom is 0.167 e. The lowest BCUT2D eigenvalue weighted by Gasteiger charge is -2.12. The first-order chi connectivity index (χ1) is 11.9. The summed E-state index contributed by atoms with van der Waals surface area (Å²) in [6.45, 7) is 4.38. The number of aromatic nitrogens is 1. The normalized spacial score (nSPS) is 10.3. The first-order valence-corrected chi connectivity index (χ1v) is 8.43. The van der Waals surface area contributed by atoms with E-state index in [0.717, 1.165) is 5.57 Å². The number of methoxy groups -OCH3 is 1. The highest BCUT2D eigenvalue weighted by molar-refractivity contribution is 6.36. The number of Topliss-reactive ketones (excluding diaryl/α,β-unsaturated/α-hetero) is 1. The molecule has 0 aliphatic rings. The Balaban J connectivity index is 2.23. The number of ether oxygens (including phenoxy) is 2. The van der Waals surface area contributed by atoms with Crippen molar-refractivity contribution >= 4 is 29.0 Å². The average molecular weight is 380 g/mol. The molecule has 6 heteroatoms. The minimum absolute atomic E-state index is 0.0833. The van der Waals surface area contributed by atoms with Crippen LogP contribution in [-0.2, 0) is 6.42 Å². The van der Waals surface area contributed by atoms with Gasteiger partial charge in [0.25, 0.3) is 0 Å². The van der Waals surface area contributed by atoms with Gasteiger partial charge in [-0.1, -0.05) is 28.8 Å². The lowest BCUT2D eigenvalue weighted by atomic mass is 10.0. The number of hydrogen-bond acceptors (Lipinski definition) is 4. The highest BCUT2D eigenvalue weighted by atomic mass is 35.5. The van der Waals surface area contributed by atoms with Crippen LogP contribution in [0, 0.1) is 0 Å². The number of hydrogen-bond donors (Lipinski definition) is 0.